The van der Waals surface area contributed by atoms with Gasteiger partial charge in [-0.15, -0.1) is 0 Å². The van der Waals surface area contributed by atoms with Crippen molar-refractivity contribution in [2.75, 3.05) is 59.5 Å². The Bertz CT molecular complexity index is 2910. The van der Waals surface area contributed by atoms with Crippen LogP contribution in [0, 0.1) is 0 Å². The second kappa shape index (κ2) is 40.1. The first-order valence-electron chi connectivity index (χ1n) is 34.8. The normalized spacial score (nSPS) is 46.2. The monoisotopic (exact) mass is 1610 g/mol. The molecule has 42 atom stereocenters. The van der Waals surface area contributed by atoms with E-state index in [0.717, 1.165) is 20.8 Å². The minimum absolute atomic E-state index is 0.249. The number of aliphatic carboxylic acids is 1. The maximum atomic E-state index is 13.5. The van der Waals surface area contributed by atoms with Crippen molar-refractivity contribution in [3.63, 3.8) is 0 Å². The lowest BCUT2D eigenvalue weighted by molar-refractivity contribution is -0.414. The summed E-state index contributed by atoms with van der Waals surface area (Å²) < 4.78 is 94.0. The van der Waals surface area contributed by atoms with E-state index in [1.165, 1.54) is 6.92 Å². The molecule has 0 spiro atoms. The maximum Gasteiger partial charge on any atom is 0.217 e. The molecule has 0 radical (unpaired) electrons. The van der Waals surface area contributed by atoms with Gasteiger partial charge in [-0.2, -0.15) is 0 Å². The van der Waals surface area contributed by atoms with Crippen molar-refractivity contribution in [2.24, 2.45) is 0 Å². The van der Waals surface area contributed by atoms with Gasteiger partial charge in [0.05, 0.1) is 83.8 Å². The summed E-state index contributed by atoms with van der Waals surface area (Å²) >= 11 is 0. The molecule has 0 bridgehead atoms. The van der Waals surface area contributed by atoms with E-state index in [2.05, 4.69) is 21.3 Å². The Morgan fingerprint density at radius 2 is 0.827 bits per heavy atom. The van der Waals surface area contributed by atoms with E-state index in [4.69, 9.17) is 75.8 Å². The number of amides is 4. The van der Waals surface area contributed by atoms with Gasteiger partial charge in [0, 0.05) is 27.2 Å². The van der Waals surface area contributed by atoms with Crippen LogP contribution in [-0.2, 0) is 99.8 Å². The van der Waals surface area contributed by atoms with Crippen molar-refractivity contribution in [2.45, 2.75) is 291 Å². The fraction of sp³-hybridized carbons (Fsp3) is 0.918. The quantitative estimate of drug-likeness (QED) is 0.0271. The summed E-state index contributed by atoms with van der Waals surface area (Å²) in [6.07, 6.45) is -79.8. The van der Waals surface area contributed by atoms with E-state index >= 15 is 0 Å². The average molecular weight is 1610 g/mol. The van der Waals surface area contributed by atoms with Gasteiger partial charge in [-0.05, 0) is 6.92 Å². The number of hydrogen-bond donors (Lipinski definition) is 27. The second-order valence-corrected chi connectivity index (χ2v) is 27.4. The Balaban J connectivity index is 1.08. The molecule has 8 saturated heterocycles. The van der Waals surface area contributed by atoms with Crippen molar-refractivity contribution >= 4 is 30.1 Å². The van der Waals surface area contributed by atoms with Gasteiger partial charge in [0.25, 0.3) is 0 Å². The summed E-state index contributed by atoms with van der Waals surface area (Å²) in [4.78, 5) is 63.0. The summed E-state index contributed by atoms with van der Waals surface area (Å²) in [5.41, 5.74) is 0. The number of rotatable bonds is 33. The van der Waals surface area contributed by atoms with Crippen LogP contribution in [0.3, 0.4) is 0 Å². The van der Waals surface area contributed by atoms with Gasteiger partial charge in [0.15, 0.2) is 44.0 Å². The molecule has 636 valence electrons. The summed E-state index contributed by atoms with van der Waals surface area (Å²) in [5.74, 6) is -8.82. The molecule has 4 amide bonds. The number of carbonyl (C=O) groups excluding carboxylic acids is 5. The average Bonchev–Trinajstić information content (AvgIpc) is 0.522. The van der Waals surface area contributed by atoms with E-state index in [9.17, 15) is 147 Å². The van der Waals surface area contributed by atoms with Crippen LogP contribution in [0.25, 0.3) is 0 Å². The first-order chi connectivity index (χ1) is 52.0. The molecular formula is C61H101N4O45-. The van der Waals surface area contributed by atoms with Gasteiger partial charge < -0.3 is 224 Å². The third-order valence-electron chi connectivity index (χ3n) is 19.7. The Kier molecular flexibility index (Phi) is 33.3. The number of hydrogen-bond acceptors (Lipinski definition) is 45. The Morgan fingerprint density at radius 3 is 1.29 bits per heavy atom. The molecule has 110 heavy (non-hydrogen) atoms. The predicted octanol–water partition coefficient (Wildman–Crippen LogP) is -20.0. The molecule has 27 N–H and O–H groups in total. The summed E-state index contributed by atoms with van der Waals surface area (Å²) in [5, 5.41) is 277. The molecule has 0 saturated carbocycles. The zero-order chi connectivity index (χ0) is 81.4. The first-order valence-corrected chi connectivity index (χ1v) is 34.8. The first kappa shape index (κ1) is 91.3. The Morgan fingerprint density at radius 1 is 0.436 bits per heavy atom. The molecule has 8 rings (SSSR count). The van der Waals surface area contributed by atoms with E-state index < -0.39 is 347 Å². The third-order valence-corrected chi connectivity index (χ3v) is 19.7. The van der Waals surface area contributed by atoms with E-state index in [0.29, 0.717) is 0 Å². The van der Waals surface area contributed by atoms with E-state index in [-0.39, 0.29) is 6.41 Å². The molecule has 8 aliphatic heterocycles. The Hall–Kier alpha value is -4.21. The zero-order valence-electron chi connectivity index (χ0n) is 59.1. The molecule has 49 nitrogen and oxygen atoms in total. The van der Waals surface area contributed by atoms with Crippen LogP contribution in [0.5, 0.6) is 0 Å². The fourth-order valence-electron chi connectivity index (χ4n) is 13.9. The van der Waals surface area contributed by atoms with Crippen molar-refractivity contribution in [3.05, 3.63) is 0 Å². The largest absolute Gasteiger partial charge is 0.544 e. The highest BCUT2D eigenvalue weighted by Crippen LogP contribution is 2.42. The lowest BCUT2D eigenvalue weighted by atomic mass is 9.88. The second-order valence-electron chi connectivity index (χ2n) is 27.4. The van der Waals surface area contributed by atoms with Gasteiger partial charge in [-0.1, -0.05) is 0 Å². The van der Waals surface area contributed by atoms with Crippen molar-refractivity contribution in [3.8, 4) is 0 Å². The minimum atomic E-state index is -3.46. The molecule has 0 unspecified atom stereocenters. The topological polar surface area (TPSA) is 770 Å². The van der Waals surface area contributed by atoms with Crippen LogP contribution >= 0.6 is 0 Å². The van der Waals surface area contributed by atoms with Crippen LogP contribution in [0.2, 0.25) is 0 Å². The SMILES string of the molecule is CC(=O)N[C@H]1[C@H](O[C@H]2[C@@H](O)[C@@H](CO)O[C@@H](O[C@H]3[C@H](O)[C@@H](O)[C@H](OC[C@@H](CO)NC=O)O[C@@H]3CO)[C@@H]2O)O[C@H](CO)[C@@H](O[C@@H]2O[C@H](CO)[C@H](O)[C@H](O[C@@H]3O[C@H](CO)[C@@H](O[C@@H]4O[C@@H](C)[C@@H](O)[C@@H](O)[C@@H]4O)[C@H](O[C@@H]4O[C@H](CO)[C@H](O)[C@H](O[C@]5(C(=O)[O-])C[C@H](O)[C@@H](NC(C)=O)[C@H]([C@H](O)[C@H](O)CO)O5)[C@H]4O)[C@H]3NC(C)=O)[C@H]2O)[C@@H]1O. The molecule has 0 aromatic rings. The van der Waals surface area contributed by atoms with Crippen molar-refractivity contribution in [1.29, 1.82) is 0 Å². The highest BCUT2D eigenvalue weighted by molar-refractivity contribution is 5.75. The molecule has 0 aromatic carbocycles. The third kappa shape index (κ3) is 20.2. The molecule has 8 aliphatic rings. The zero-order valence-corrected chi connectivity index (χ0v) is 59.1. The molecule has 8 heterocycles. The minimum Gasteiger partial charge on any atom is -0.544 e. The predicted molar refractivity (Wildman–Crippen MR) is 336 cm³/mol. The van der Waals surface area contributed by atoms with Gasteiger partial charge in [-0.3, -0.25) is 19.2 Å². The van der Waals surface area contributed by atoms with Crippen molar-refractivity contribution in [1.82, 2.24) is 21.3 Å². The molecular weight excluding hydrogens is 1510 g/mol. The summed E-state index contributed by atoms with van der Waals surface area (Å²) in [6.45, 7) is -5.40. The summed E-state index contributed by atoms with van der Waals surface area (Å²) in [7, 11) is 0. The highest BCUT2D eigenvalue weighted by Gasteiger charge is 2.62. The maximum absolute atomic E-state index is 13.5. The number of aliphatic hydroxyl groups excluding tert-OH is 23. The number of nitrogens with one attached hydrogen (secondary N) is 4. The van der Waals surface area contributed by atoms with Crippen LogP contribution < -0.4 is 26.4 Å². The highest BCUT2D eigenvalue weighted by atomic mass is 16.8. The van der Waals surface area contributed by atoms with Crippen LogP contribution in [0.4, 0.5) is 0 Å². The van der Waals surface area contributed by atoms with Crippen LogP contribution in [0.1, 0.15) is 34.1 Å². The number of carbonyl (C=O) groups is 5. The lowest BCUT2D eigenvalue weighted by Crippen LogP contribution is -2.73. The van der Waals surface area contributed by atoms with Gasteiger partial charge in [0.2, 0.25) is 29.9 Å². The number of carboxylic acids is 1. The number of aliphatic hydroxyl groups is 23. The standard InChI is InChI=1S/C61H102N4O45/c1-16-32(80)38(86)40(88)56(96-16)105-47-28(13-73)101-54(31(65-19(4)77)49(47)106-59-44(92)52(36(84)25(10-70)99-59)110-61(60(93)94)5-21(78)29(63-17(2)75)48(109-61)33(81)22(79)7-67)108-51-35(83)24(9-69)97-57(43(51)91)103-45-26(11-71)100-53(30(37(45)85)64-18(3)76)107-50-34(82)23(8-68)98-58(42(50)90)104-46-27(12-72)102-55(41(89)39(46)87)95-14-20(6-66)62-15-74/h15-16,20-59,66-73,78-92H,5-14H2,1-4H3,(H,62,74)(H,63,75)(H,64,76)(H,65,77)(H,93,94)/p-1/t16-,20+,21-,22+,23+,24+,25+,26+,27+,28+,29+,30+,31+,32+,33+,34-,35-,36-,37+,38+,39+,40-,41+,42+,43+,44+,45+,46+,47+,48+,49+,50-,51-,52-,53-,54-,55+,56-,57-,58-,59-,61-/m0/s1. The van der Waals surface area contributed by atoms with Gasteiger partial charge >= 0.3 is 0 Å². The van der Waals surface area contributed by atoms with Crippen LogP contribution in [-0.4, -0.2) is 464 Å². The molecule has 49 heteroatoms. The molecule has 8 fully saturated rings. The van der Waals surface area contributed by atoms with E-state index in [1.54, 1.807) is 0 Å². The van der Waals surface area contributed by atoms with Crippen LogP contribution in [0.15, 0.2) is 0 Å². The molecule has 0 aliphatic carbocycles. The van der Waals surface area contributed by atoms with Crippen molar-refractivity contribution < 1.29 is 222 Å². The number of ether oxygens (including phenoxy) is 16. The number of carboxylic acid groups (broad SMARTS) is 1. The van der Waals surface area contributed by atoms with Gasteiger partial charge in [-0.25, -0.2) is 0 Å². The Labute approximate surface area is 622 Å². The van der Waals surface area contributed by atoms with Gasteiger partial charge in [0.1, 0.15) is 189 Å². The smallest absolute Gasteiger partial charge is 0.217 e. The fourth-order valence-corrected chi connectivity index (χ4v) is 13.9. The molecule has 0 aromatic heterocycles. The van der Waals surface area contributed by atoms with E-state index in [1.807, 2.05) is 0 Å². The summed E-state index contributed by atoms with van der Waals surface area (Å²) in [6, 6.07) is -6.91. The lowest BCUT2D eigenvalue weighted by Gasteiger charge is -2.53.